The number of rotatable bonds is 0. The number of nitrogens with zero attached hydrogens (tertiary/aromatic N) is 1. The lowest BCUT2D eigenvalue weighted by Gasteiger charge is -1.67. The fraction of sp³-hybridized carbons (Fsp3) is 0.667. The van der Waals surface area contributed by atoms with Gasteiger partial charge in [0.05, 0.1) is 5.55 Å². The van der Waals surface area contributed by atoms with Gasteiger partial charge in [-0.15, -0.1) is 11.8 Å². The summed E-state index contributed by atoms with van der Waals surface area (Å²) < 4.78 is 0. The summed E-state index contributed by atoms with van der Waals surface area (Å²) in [7, 11) is 0. The van der Waals surface area contributed by atoms with Crippen molar-refractivity contribution in [3.8, 4) is 0 Å². The maximum absolute atomic E-state index is 3.92. The van der Waals surface area contributed by atoms with E-state index in [0.29, 0.717) is 0 Å². The molecule has 0 aromatic heterocycles. The Morgan fingerprint density at radius 1 is 1.67 bits per heavy atom. The zero-order chi connectivity index (χ0) is 3.54. The lowest BCUT2D eigenvalue weighted by molar-refractivity contribution is 1.18. The van der Waals surface area contributed by atoms with Gasteiger partial charge in [0.25, 0.3) is 0 Å². The molecule has 0 amide bonds. The van der Waals surface area contributed by atoms with E-state index in [4.69, 9.17) is 0 Å². The summed E-state index contributed by atoms with van der Waals surface area (Å²) in [4.78, 5) is 3.92. The molecule has 0 saturated carbocycles. The highest BCUT2D eigenvalue weighted by Gasteiger charge is 1.86. The van der Waals surface area contributed by atoms with Crippen LogP contribution < -0.4 is 0 Å². The van der Waals surface area contributed by atoms with Crippen LogP contribution in [0.2, 0.25) is 0 Å². The molecule has 0 saturated heterocycles. The predicted octanol–water partition coefficient (Wildman–Crippen LogP) is 0.874. The van der Waals surface area contributed by atoms with E-state index < -0.39 is 0 Å². The van der Waals surface area contributed by atoms with Crippen LogP contribution in [0.1, 0.15) is 0 Å². The first-order valence-electron chi connectivity index (χ1n) is 1.60. The average Bonchev–Trinajstić information content (AvgIpc) is 1.76. The molecule has 0 atom stereocenters. The quantitative estimate of drug-likeness (QED) is 0.463. The van der Waals surface area contributed by atoms with Crippen LogP contribution in [-0.2, 0) is 0 Å². The molecule has 1 aliphatic heterocycles. The molecule has 0 N–H and O–H groups in total. The minimum Gasteiger partial charge on any atom is -0.285 e. The Balaban J connectivity index is 0.000000250. The molecule has 0 aromatic carbocycles. The molecule has 1 rings (SSSR count). The molecule has 0 bridgehead atoms. The van der Waals surface area contributed by atoms with Gasteiger partial charge in [-0.05, 0) is 0 Å². The molecule has 0 aliphatic carbocycles. The molecule has 3 heteroatoms. The number of aliphatic imine (C=N–C) groups is 1. The number of hydrogen-bond donors (Lipinski definition) is 0. The molecular formula is C3H7NS2. The molecule has 6 heavy (non-hydrogen) atoms. The van der Waals surface area contributed by atoms with Gasteiger partial charge in [-0.2, -0.15) is 13.5 Å². The van der Waals surface area contributed by atoms with Crippen LogP contribution >= 0.6 is 25.3 Å². The highest BCUT2D eigenvalue weighted by molar-refractivity contribution is 8.12. The van der Waals surface area contributed by atoms with E-state index in [9.17, 15) is 0 Å². The minimum absolute atomic E-state index is 0. The zero-order valence-corrected chi connectivity index (χ0v) is 5.16. The SMILES string of the molecule is C1=NCCS1.S. The van der Waals surface area contributed by atoms with Crippen LogP contribution in [0.15, 0.2) is 4.99 Å². The second kappa shape index (κ2) is 3.56. The normalized spacial score (nSPS) is 17.3. The van der Waals surface area contributed by atoms with Crippen molar-refractivity contribution in [3.05, 3.63) is 0 Å². The number of hydrogen-bond acceptors (Lipinski definition) is 2. The Hall–Kier alpha value is 0.370. The second-order valence-electron chi connectivity index (χ2n) is 0.882. The lowest BCUT2D eigenvalue weighted by atomic mass is 10.8. The maximum atomic E-state index is 3.92. The van der Waals surface area contributed by atoms with Crippen molar-refractivity contribution in [2.75, 3.05) is 12.3 Å². The van der Waals surface area contributed by atoms with Crippen molar-refractivity contribution in [3.63, 3.8) is 0 Å². The fourth-order valence-electron chi connectivity index (χ4n) is 0.264. The summed E-state index contributed by atoms with van der Waals surface area (Å²) in [5, 5.41) is 0. The van der Waals surface area contributed by atoms with E-state index in [1.54, 1.807) is 11.8 Å². The summed E-state index contributed by atoms with van der Waals surface area (Å²) in [5.74, 6) is 1.19. The smallest absolute Gasteiger partial charge is 0.0542 e. The van der Waals surface area contributed by atoms with Crippen LogP contribution in [-0.4, -0.2) is 17.8 Å². The fourth-order valence-corrected chi connectivity index (χ4v) is 0.791. The standard InChI is InChI=1S/C3H5NS.H2S/c1-2-5-3-4-1;/h3H,1-2H2;1H2. The van der Waals surface area contributed by atoms with E-state index in [1.807, 2.05) is 5.55 Å². The molecular weight excluding hydrogens is 114 g/mol. The molecule has 0 radical (unpaired) electrons. The van der Waals surface area contributed by atoms with E-state index >= 15 is 0 Å². The highest BCUT2D eigenvalue weighted by Crippen LogP contribution is 1.99. The molecule has 1 aliphatic rings. The van der Waals surface area contributed by atoms with Crippen molar-refractivity contribution in [2.45, 2.75) is 0 Å². The molecule has 0 aromatic rings. The minimum atomic E-state index is 0. The van der Waals surface area contributed by atoms with Crippen molar-refractivity contribution in [1.82, 2.24) is 0 Å². The maximum Gasteiger partial charge on any atom is 0.0542 e. The summed E-state index contributed by atoms with van der Waals surface area (Å²) >= 11 is 1.78. The first-order chi connectivity index (χ1) is 2.50. The molecule has 0 unspecified atom stereocenters. The van der Waals surface area contributed by atoms with E-state index in [1.165, 1.54) is 5.75 Å². The summed E-state index contributed by atoms with van der Waals surface area (Å²) in [6.07, 6.45) is 0. The first kappa shape index (κ1) is 6.37. The monoisotopic (exact) mass is 121 g/mol. The van der Waals surface area contributed by atoms with Crippen LogP contribution in [0.4, 0.5) is 0 Å². The van der Waals surface area contributed by atoms with Gasteiger partial charge >= 0.3 is 0 Å². The van der Waals surface area contributed by atoms with Crippen molar-refractivity contribution >= 4 is 30.8 Å². The van der Waals surface area contributed by atoms with Gasteiger partial charge in [-0.3, -0.25) is 4.99 Å². The Kier molecular flexibility index (Phi) is 3.78. The van der Waals surface area contributed by atoms with Gasteiger partial charge in [0.15, 0.2) is 0 Å². The zero-order valence-electron chi connectivity index (χ0n) is 3.35. The summed E-state index contributed by atoms with van der Waals surface area (Å²) in [5.41, 5.74) is 1.90. The average molecular weight is 121 g/mol. The van der Waals surface area contributed by atoms with Gasteiger partial charge in [0, 0.05) is 12.3 Å². The van der Waals surface area contributed by atoms with E-state index in [0.717, 1.165) is 6.54 Å². The van der Waals surface area contributed by atoms with Crippen LogP contribution in [0.25, 0.3) is 0 Å². The van der Waals surface area contributed by atoms with Gasteiger partial charge in [-0.1, -0.05) is 0 Å². The molecule has 1 heterocycles. The third kappa shape index (κ3) is 1.72. The van der Waals surface area contributed by atoms with Crippen LogP contribution in [0, 0.1) is 0 Å². The predicted molar refractivity (Wildman–Crippen MR) is 36.2 cm³/mol. The van der Waals surface area contributed by atoms with Gasteiger partial charge in [-0.25, -0.2) is 0 Å². The highest BCUT2D eigenvalue weighted by atomic mass is 32.2. The van der Waals surface area contributed by atoms with Gasteiger partial charge in [0.1, 0.15) is 0 Å². The number of thioether (sulfide) groups is 1. The van der Waals surface area contributed by atoms with E-state index in [2.05, 4.69) is 4.99 Å². The largest absolute Gasteiger partial charge is 0.285 e. The summed E-state index contributed by atoms with van der Waals surface area (Å²) in [6, 6.07) is 0. The Morgan fingerprint density at radius 2 is 2.50 bits per heavy atom. The Morgan fingerprint density at radius 3 is 2.67 bits per heavy atom. The third-order valence-electron chi connectivity index (χ3n) is 0.487. The van der Waals surface area contributed by atoms with Crippen molar-refractivity contribution in [1.29, 1.82) is 0 Å². The first-order valence-corrected chi connectivity index (χ1v) is 2.65. The van der Waals surface area contributed by atoms with E-state index in [-0.39, 0.29) is 13.5 Å². The third-order valence-corrected chi connectivity index (χ3v) is 1.20. The van der Waals surface area contributed by atoms with Crippen LogP contribution in [0.5, 0.6) is 0 Å². The second-order valence-corrected chi connectivity index (χ2v) is 1.83. The van der Waals surface area contributed by atoms with Crippen molar-refractivity contribution < 1.29 is 0 Å². The Labute approximate surface area is 48.7 Å². The van der Waals surface area contributed by atoms with Crippen LogP contribution in [0.3, 0.4) is 0 Å². The topological polar surface area (TPSA) is 12.4 Å². The van der Waals surface area contributed by atoms with Gasteiger partial charge < -0.3 is 0 Å². The molecule has 0 spiro atoms. The van der Waals surface area contributed by atoms with Crippen molar-refractivity contribution in [2.24, 2.45) is 4.99 Å². The Bertz CT molecular complexity index is 46.8. The lowest BCUT2D eigenvalue weighted by Crippen LogP contribution is -1.69. The summed E-state index contributed by atoms with van der Waals surface area (Å²) in [6.45, 7) is 1.03. The van der Waals surface area contributed by atoms with Gasteiger partial charge in [0.2, 0.25) is 0 Å². The molecule has 36 valence electrons. The molecule has 0 fully saturated rings. The molecule has 1 nitrogen and oxygen atoms in total.